The van der Waals surface area contributed by atoms with Crippen LogP contribution in [0.4, 0.5) is 5.69 Å². The monoisotopic (exact) mass is 339 g/mol. The highest BCUT2D eigenvalue weighted by atomic mass is 79.9. The van der Waals surface area contributed by atoms with Gasteiger partial charge in [-0.05, 0) is 60.1 Å². The largest absolute Gasteiger partial charge is 0.491 e. The highest BCUT2D eigenvalue weighted by molar-refractivity contribution is 9.11. The summed E-state index contributed by atoms with van der Waals surface area (Å²) in [4.78, 5) is 11.9. The number of halogens is 1. The Morgan fingerprint density at radius 3 is 2.53 bits per heavy atom. The topological polar surface area (TPSA) is 38.3 Å². The first-order valence-electron chi connectivity index (χ1n) is 5.86. The standard InChI is InChI=1S/C14H14BrNO2S/c1-9(2)18-12-5-3-11(4-6-12)16-14(17)10-7-13(15)19-8-10/h3-9H,1-2H3,(H,16,17). The van der Waals surface area contributed by atoms with Gasteiger partial charge in [0.15, 0.2) is 0 Å². The molecule has 1 aromatic heterocycles. The van der Waals surface area contributed by atoms with Gasteiger partial charge in [0, 0.05) is 11.1 Å². The molecular weight excluding hydrogens is 326 g/mol. The van der Waals surface area contributed by atoms with Gasteiger partial charge in [0.05, 0.1) is 15.5 Å². The highest BCUT2D eigenvalue weighted by Crippen LogP contribution is 2.22. The lowest BCUT2D eigenvalue weighted by molar-refractivity contribution is 0.102. The summed E-state index contributed by atoms with van der Waals surface area (Å²) in [6, 6.07) is 9.16. The van der Waals surface area contributed by atoms with Crippen LogP contribution in [0.1, 0.15) is 24.2 Å². The van der Waals surface area contributed by atoms with Gasteiger partial charge in [0.25, 0.3) is 5.91 Å². The Hall–Kier alpha value is -1.33. The number of benzene rings is 1. The Morgan fingerprint density at radius 1 is 1.32 bits per heavy atom. The van der Waals surface area contributed by atoms with E-state index in [0.29, 0.717) is 5.56 Å². The van der Waals surface area contributed by atoms with Gasteiger partial charge in [-0.1, -0.05) is 0 Å². The van der Waals surface area contributed by atoms with Crippen molar-refractivity contribution in [3.8, 4) is 5.75 Å². The van der Waals surface area contributed by atoms with Crippen molar-refractivity contribution >= 4 is 38.9 Å². The molecule has 5 heteroatoms. The van der Waals surface area contributed by atoms with Gasteiger partial charge in [0.1, 0.15) is 5.75 Å². The number of anilines is 1. The minimum atomic E-state index is -0.112. The second-order valence-corrected chi connectivity index (χ2v) is 6.58. The normalized spacial score (nSPS) is 10.5. The van der Waals surface area contributed by atoms with Crippen LogP contribution in [0.2, 0.25) is 0 Å². The van der Waals surface area contributed by atoms with Gasteiger partial charge in [-0.25, -0.2) is 0 Å². The third-order valence-electron chi connectivity index (χ3n) is 2.31. The van der Waals surface area contributed by atoms with Crippen LogP contribution in [0.3, 0.4) is 0 Å². The molecule has 0 aliphatic rings. The number of nitrogens with one attached hydrogen (secondary N) is 1. The summed E-state index contributed by atoms with van der Waals surface area (Å²) in [7, 11) is 0. The van der Waals surface area contributed by atoms with Gasteiger partial charge in [-0.3, -0.25) is 4.79 Å². The number of ether oxygens (including phenoxy) is 1. The second-order valence-electron chi connectivity index (χ2n) is 4.28. The van der Waals surface area contributed by atoms with Crippen LogP contribution in [-0.4, -0.2) is 12.0 Å². The summed E-state index contributed by atoms with van der Waals surface area (Å²) < 4.78 is 6.49. The maximum Gasteiger partial charge on any atom is 0.256 e. The molecule has 100 valence electrons. The van der Waals surface area contributed by atoms with E-state index in [0.717, 1.165) is 15.2 Å². The molecule has 3 nitrogen and oxygen atoms in total. The number of hydrogen-bond acceptors (Lipinski definition) is 3. The zero-order valence-electron chi connectivity index (χ0n) is 10.6. The summed E-state index contributed by atoms with van der Waals surface area (Å²) in [5, 5.41) is 4.66. The molecule has 0 aliphatic carbocycles. The van der Waals surface area contributed by atoms with Crippen molar-refractivity contribution in [2.45, 2.75) is 20.0 Å². The molecule has 0 fully saturated rings. The van der Waals surface area contributed by atoms with Crippen molar-refractivity contribution in [2.75, 3.05) is 5.32 Å². The van der Waals surface area contributed by atoms with E-state index in [-0.39, 0.29) is 12.0 Å². The Morgan fingerprint density at radius 2 is 2.00 bits per heavy atom. The van der Waals surface area contributed by atoms with Crippen molar-refractivity contribution in [1.29, 1.82) is 0 Å². The number of carbonyl (C=O) groups excluding carboxylic acids is 1. The summed E-state index contributed by atoms with van der Waals surface area (Å²) in [5.74, 6) is 0.686. The predicted molar refractivity (Wildman–Crippen MR) is 82.2 cm³/mol. The van der Waals surface area contributed by atoms with Crippen LogP contribution in [0.25, 0.3) is 0 Å². The van der Waals surface area contributed by atoms with Gasteiger partial charge in [-0.2, -0.15) is 0 Å². The molecule has 1 aromatic carbocycles. The minimum absolute atomic E-state index is 0.112. The molecule has 0 radical (unpaired) electrons. The van der Waals surface area contributed by atoms with E-state index >= 15 is 0 Å². The SMILES string of the molecule is CC(C)Oc1ccc(NC(=O)c2csc(Br)c2)cc1. The van der Waals surface area contributed by atoms with Crippen molar-refractivity contribution < 1.29 is 9.53 Å². The molecule has 2 aromatic rings. The molecule has 19 heavy (non-hydrogen) atoms. The van der Waals surface area contributed by atoms with Gasteiger partial charge >= 0.3 is 0 Å². The summed E-state index contributed by atoms with van der Waals surface area (Å²) >= 11 is 4.83. The first-order valence-corrected chi connectivity index (χ1v) is 7.54. The first kappa shape index (κ1) is 14.1. The van der Waals surface area contributed by atoms with Crippen LogP contribution in [-0.2, 0) is 0 Å². The number of amides is 1. The van der Waals surface area contributed by atoms with E-state index in [4.69, 9.17) is 4.74 Å². The molecular formula is C14H14BrNO2S. The first-order chi connectivity index (χ1) is 9.04. The molecule has 1 heterocycles. The third-order valence-corrected chi connectivity index (χ3v) is 3.82. The van der Waals surface area contributed by atoms with Crippen LogP contribution in [0.5, 0.6) is 5.75 Å². The van der Waals surface area contributed by atoms with E-state index < -0.39 is 0 Å². The van der Waals surface area contributed by atoms with Gasteiger partial charge in [-0.15, -0.1) is 11.3 Å². The van der Waals surface area contributed by atoms with Gasteiger partial charge < -0.3 is 10.1 Å². The molecule has 0 saturated carbocycles. The molecule has 1 amide bonds. The maximum absolute atomic E-state index is 11.9. The predicted octanol–water partition coefficient (Wildman–Crippen LogP) is 4.55. The number of rotatable bonds is 4. The van der Waals surface area contributed by atoms with E-state index in [2.05, 4.69) is 21.2 Å². The molecule has 0 atom stereocenters. The van der Waals surface area contributed by atoms with Crippen LogP contribution < -0.4 is 10.1 Å². The fourth-order valence-corrected chi connectivity index (χ4v) is 2.66. The Kier molecular flexibility index (Phi) is 4.61. The van der Waals surface area contributed by atoms with Crippen molar-refractivity contribution in [3.05, 3.63) is 45.1 Å². The lowest BCUT2D eigenvalue weighted by Crippen LogP contribution is -2.11. The number of hydrogen-bond donors (Lipinski definition) is 1. The average Bonchev–Trinajstić information content (AvgIpc) is 2.78. The van der Waals surface area contributed by atoms with Crippen molar-refractivity contribution in [3.63, 3.8) is 0 Å². The maximum atomic E-state index is 11.9. The Labute approximate surface area is 124 Å². The van der Waals surface area contributed by atoms with Crippen molar-refractivity contribution in [2.24, 2.45) is 0 Å². The second kappa shape index (κ2) is 6.21. The quantitative estimate of drug-likeness (QED) is 0.887. The molecule has 0 bridgehead atoms. The summed E-state index contributed by atoms with van der Waals surface area (Å²) in [5.41, 5.74) is 1.41. The fraction of sp³-hybridized carbons (Fsp3) is 0.214. The number of carbonyl (C=O) groups is 1. The Balaban J connectivity index is 2.01. The van der Waals surface area contributed by atoms with E-state index in [1.807, 2.05) is 43.5 Å². The van der Waals surface area contributed by atoms with Crippen LogP contribution >= 0.6 is 27.3 Å². The van der Waals surface area contributed by atoms with Crippen molar-refractivity contribution in [1.82, 2.24) is 0 Å². The molecule has 0 unspecified atom stereocenters. The number of thiophene rings is 1. The lowest BCUT2D eigenvalue weighted by Gasteiger charge is -2.10. The molecule has 0 saturated heterocycles. The smallest absolute Gasteiger partial charge is 0.256 e. The van der Waals surface area contributed by atoms with E-state index in [1.54, 1.807) is 6.07 Å². The van der Waals surface area contributed by atoms with Crippen LogP contribution in [0.15, 0.2) is 39.5 Å². The summed E-state index contributed by atoms with van der Waals surface area (Å²) in [6.07, 6.45) is 0.142. The highest BCUT2D eigenvalue weighted by Gasteiger charge is 2.08. The molecule has 2 rings (SSSR count). The fourth-order valence-electron chi connectivity index (χ4n) is 1.52. The van der Waals surface area contributed by atoms with Crippen LogP contribution in [0, 0.1) is 0 Å². The lowest BCUT2D eigenvalue weighted by atomic mass is 10.2. The van der Waals surface area contributed by atoms with E-state index in [1.165, 1.54) is 11.3 Å². The van der Waals surface area contributed by atoms with Gasteiger partial charge in [0.2, 0.25) is 0 Å². The zero-order chi connectivity index (χ0) is 13.8. The minimum Gasteiger partial charge on any atom is -0.491 e. The molecule has 1 N–H and O–H groups in total. The molecule has 0 spiro atoms. The zero-order valence-corrected chi connectivity index (χ0v) is 13.0. The van der Waals surface area contributed by atoms with E-state index in [9.17, 15) is 4.79 Å². The Bertz CT molecular complexity index is 563. The third kappa shape index (κ3) is 4.08. The molecule has 0 aliphatic heterocycles. The average molecular weight is 340 g/mol. The summed E-state index contributed by atoms with van der Waals surface area (Å²) in [6.45, 7) is 3.95.